The summed E-state index contributed by atoms with van der Waals surface area (Å²) in [5, 5.41) is 4.50. The highest BCUT2D eigenvalue weighted by atomic mass is 32.1. The van der Waals surface area contributed by atoms with Crippen LogP contribution in [0.5, 0.6) is 5.88 Å². The van der Waals surface area contributed by atoms with Crippen LogP contribution in [0.25, 0.3) is 0 Å². The zero-order valence-corrected chi connectivity index (χ0v) is 14.6. The molecule has 0 amide bonds. The van der Waals surface area contributed by atoms with Gasteiger partial charge in [0.1, 0.15) is 0 Å². The predicted octanol–water partition coefficient (Wildman–Crippen LogP) is 1.90. The van der Waals surface area contributed by atoms with E-state index in [9.17, 15) is 0 Å². The molecule has 0 unspecified atom stereocenters. The number of thiazole rings is 1. The number of ether oxygens (including phenoxy) is 1. The van der Waals surface area contributed by atoms with Crippen molar-refractivity contribution in [1.82, 2.24) is 15.2 Å². The number of hydrogen-bond donors (Lipinski definition) is 1. The third-order valence-electron chi connectivity index (χ3n) is 2.86. The Hall–Kier alpha value is -0.850. The van der Waals surface area contributed by atoms with Crippen LogP contribution in [0.3, 0.4) is 0 Å². The van der Waals surface area contributed by atoms with Gasteiger partial charge in [0.05, 0.1) is 12.0 Å². The van der Waals surface area contributed by atoms with Gasteiger partial charge in [-0.05, 0) is 19.5 Å². The van der Waals surface area contributed by atoms with Gasteiger partial charge in [0.2, 0.25) is 5.88 Å². The Kier molecular flexibility index (Phi) is 6.23. The molecule has 0 saturated carbocycles. The number of aromatic nitrogens is 1. The zero-order valence-electron chi connectivity index (χ0n) is 13.8. The third kappa shape index (κ3) is 5.26. The Morgan fingerprint density at radius 3 is 2.40 bits per heavy atom. The first-order valence-electron chi connectivity index (χ1n) is 6.81. The fraction of sp³-hybridized carbons (Fsp3) is 0.786. The van der Waals surface area contributed by atoms with Crippen LogP contribution in [-0.2, 0) is 6.54 Å². The Morgan fingerprint density at radius 2 is 1.90 bits per heavy atom. The molecule has 1 aromatic rings. The van der Waals surface area contributed by atoms with Gasteiger partial charge in [-0.25, -0.2) is 0 Å². The van der Waals surface area contributed by atoms with E-state index in [1.165, 1.54) is 0 Å². The molecule has 0 aromatic carbocycles. The first-order valence-corrected chi connectivity index (χ1v) is 7.63. The standard InChI is InChI=1S/C14H28N4OS/c1-14(2,10-17(3)4)9-15-8-11-12(19-7)16-13(20-11)18(5)6/h15H,8-10H2,1-7H3. The lowest BCUT2D eigenvalue weighted by atomic mass is 9.93. The average Bonchev–Trinajstić information content (AvgIpc) is 2.70. The summed E-state index contributed by atoms with van der Waals surface area (Å²) in [6.45, 7) is 7.36. The van der Waals surface area contributed by atoms with Gasteiger partial charge in [-0.15, -0.1) is 0 Å². The zero-order chi connectivity index (χ0) is 15.3. The molecular weight excluding hydrogens is 272 g/mol. The summed E-state index contributed by atoms with van der Waals surface area (Å²) >= 11 is 1.67. The van der Waals surface area contributed by atoms with Gasteiger partial charge in [-0.3, -0.25) is 0 Å². The first-order chi connectivity index (χ1) is 9.25. The molecule has 1 rings (SSSR count). The lowest BCUT2D eigenvalue weighted by Crippen LogP contribution is -2.37. The number of anilines is 1. The Bertz CT molecular complexity index is 415. The molecule has 6 heteroatoms. The van der Waals surface area contributed by atoms with Gasteiger partial charge >= 0.3 is 0 Å². The van der Waals surface area contributed by atoms with Gasteiger partial charge in [0.25, 0.3) is 0 Å². The highest BCUT2D eigenvalue weighted by Crippen LogP contribution is 2.30. The average molecular weight is 300 g/mol. The lowest BCUT2D eigenvalue weighted by Gasteiger charge is -2.28. The van der Waals surface area contributed by atoms with E-state index in [4.69, 9.17) is 4.74 Å². The maximum absolute atomic E-state index is 5.35. The van der Waals surface area contributed by atoms with Gasteiger partial charge in [0, 0.05) is 33.7 Å². The number of methoxy groups -OCH3 is 1. The fourth-order valence-corrected chi connectivity index (χ4v) is 3.14. The second kappa shape index (κ2) is 7.24. The van der Waals surface area contributed by atoms with Crippen LogP contribution in [0.15, 0.2) is 0 Å². The summed E-state index contributed by atoms with van der Waals surface area (Å²) in [5.74, 6) is 0.733. The number of nitrogens with one attached hydrogen (secondary N) is 1. The van der Waals surface area contributed by atoms with E-state index in [1.807, 2.05) is 19.0 Å². The van der Waals surface area contributed by atoms with Crippen molar-refractivity contribution < 1.29 is 4.74 Å². The molecule has 0 spiro atoms. The second-order valence-corrected chi connectivity index (χ2v) is 7.39. The minimum absolute atomic E-state index is 0.242. The smallest absolute Gasteiger partial charge is 0.230 e. The highest BCUT2D eigenvalue weighted by molar-refractivity contribution is 7.15. The van der Waals surface area contributed by atoms with Crippen LogP contribution in [0.1, 0.15) is 18.7 Å². The van der Waals surface area contributed by atoms with Crippen molar-refractivity contribution in [3.8, 4) is 5.88 Å². The van der Waals surface area contributed by atoms with Crippen molar-refractivity contribution in [3.63, 3.8) is 0 Å². The van der Waals surface area contributed by atoms with Crippen molar-refractivity contribution in [2.75, 3.05) is 53.3 Å². The number of hydrogen-bond acceptors (Lipinski definition) is 6. The molecule has 1 aromatic heterocycles. The molecule has 0 fully saturated rings. The van der Waals surface area contributed by atoms with Crippen molar-refractivity contribution in [2.24, 2.45) is 5.41 Å². The number of rotatable bonds is 8. The first kappa shape index (κ1) is 17.2. The van der Waals surface area contributed by atoms with Crippen molar-refractivity contribution in [1.29, 1.82) is 0 Å². The van der Waals surface area contributed by atoms with E-state index in [1.54, 1.807) is 18.4 Å². The lowest BCUT2D eigenvalue weighted by molar-refractivity contribution is 0.232. The van der Waals surface area contributed by atoms with E-state index in [0.717, 1.165) is 35.5 Å². The molecule has 1 heterocycles. The van der Waals surface area contributed by atoms with Crippen LogP contribution >= 0.6 is 11.3 Å². The van der Waals surface area contributed by atoms with Gasteiger partial charge in [0.15, 0.2) is 5.13 Å². The van der Waals surface area contributed by atoms with Crippen LogP contribution < -0.4 is 15.0 Å². The summed E-state index contributed by atoms with van der Waals surface area (Å²) in [6.07, 6.45) is 0. The molecule has 116 valence electrons. The molecule has 0 atom stereocenters. The molecule has 0 radical (unpaired) electrons. The van der Waals surface area contributed by atoms with Gasteiger partial charge in [-0.1, -0.05) is 25.2 Å². The van der Waals surface area contributed by atoms with Crippen molar-refractivity contribution >= 4 is 16.5 Å². The van der Waals surface area contributed by atoms with E-state index in [0.29, 0.717) is 0 Å². The highest BCUT2D eigenvalue weighted by Gasteiger charge is 2.19. The topological polar surface area (TPSA) is 40.6 Å². The molecular formula is C14H28N4OS. The van der Waals surface area contributed by atoms with E-state index < -0.39 is 0 Å². The molecule has 0 aliphatic rings. The van der Waals surface area contributed by atoms with Crippen LogP contribution in [0.4, 0.5) is 5.13 Å². The van der Waals surface area contributed by atoms with Crippen molar-refractivity contribution in [3.05, 3.63) is 4.88 Å². The second-order valence-electron chi connectivity index (χ2n) is 6.33. The van der Waals surface area contributed by atoms with Crippen LogP contribution in [0.2, 0.25) is 0 Å². The van der Waals surface area contributed by atoms with E-state index in [-0.39, 0.29) is 5.41 Å². The van der Waals surface area contributed by atoms with E-state index in [2.05, 4.69) is 43.1 Å². The Morgan fingerprint density at radius 1 is 1.25 bits per heavy atom. The predicted molar refractivity (Wildman–Crippen MR) is 87.0 cm³/mol. The molecule has 1 N–H and O–H groups in total. The van der Waals surface area contributed by atoms with Crippen molar-refractivity contribution in [2.45, 2.75) is 20.4 Å². The molecule has 0 aliphatic heterocycles. The van der Waals surface area contributed by atoms with Gasteiger partial charge < -0.3 is 19.9 Å². The minimum Gasteiger partial charge on any atom is -0.480 e. The molecule has 0 bridgehead atoms. The molecule has 0 saturated heterocycles. The van der Waals surface area contributed by atoms with E-state index >= 15 is 0 Å². The molecule has 5 nitrogen and oxygen atoms in total. The van der Waals surface area contributed by atoms with Gasteiger partial charge in [-0.2, -0.15) is 4.98 Å². The molecule has 0 aliphatic carbocycles. The summed E-state index contributed by atoms with van der Waals surface area (Å²) in [6, 6.07) is 0. The monoisotopic (exact) mass is 300 g/mol. The SMILES string of the molecule is COc1nc(N(C)C)sc1CNCC(C)(C)CN(C)C. The maximum atomic E-state index is 5.35. The summed E-state index contributed by atoms with van der Waals surface area (Å²) in [7, 11) is 9.88. The summed E-state index contributed by atoms with van der Waals surface area (Å²) in [5.41, 5.74) is 0.242. The largest absolute Gasteiger partial charge is 0.480 e. The van der Waals surface area contributed by atoms with Crippen LogP contribution in [-0.4, -0.2) is 58.3 Å². The minimum atomic E-state index is 0.242. The third-order valence-corrected chi connectivity index (χ3v) is 4.06. The maximum Gasteiger partial charge on any atom is 0.230 e. The quantitative estimate of drug-likeness (QED) is 0.794. The fourth-order valence-electron chi connectivity index (χ4n) is 2.21. The van der Waals surface area contributed by atoms with Crippen LogP contribution in [0, 0.1) is 5.41 Å². The molecule has 20 heavy (non-hydrogen) atoms. The summed E-state index contributed by atoms with van der Waals surface area (Å²) in [4.78, 5) is 9.84. The normalized spacial score (nSPS) is 12.0. The Labute approximate surface area is 126 Å². The summed E-state index contributed by atoms with van der Waals surface area (Å²) < 4.78 is 5.35. The number of nitrogens with zero attached hydrogens (tertiary/aromatic N) is 3. The Balaban J connectivity index is 2.57.